The first-order chi connectivity index (χ1) is 11.1. The number of carbonyl (C=O) groups is 2. The Morgan fingerprint density at radius 2 is 2.00 bits per heavy atom. The molecule has 1 aromatic carbocycles. The number of hydrogen-bond acceptors (Lipinski definition) is 4. The number of fused-ring (bicyclic) bond motifs is 2. The van der Waals surface area contributed by atoms with E-state index in [1.54, 1.807) is 25.3 Å². The van der Waals surface area contributed by atoms with Gasteiger partial charge in [0, 0.05) is 18.2 Å². The molecule has 2 unspecified atom stereocenters. The number of amides is 2. The van der Waals surface area contributed by atoms with Crippen LogP contribution < -0.4 is 14.8 Å². The van der Waals surface area contributed by atoms with Crippen molar-refractivity contribution in [2.75, 3.05) is 27.3 Å². The molecule has 2 atom stereocenters. The van der Waals surface area contributed by atoms with Gasteiger partial charge in [0.2, 0.25) is 5.91 Å². The van der Waals surface area contributed by atoms with Gasteiger partial charge in [0.1, 0.15) is 0 Å². The minimum absolute atomic E-state index is 0.00558. The van der Waals surface area contributed by atoms with Crippen LogP contribution in [-0.4, -0.2) is 50.1 Å². The molecule has 1 aliphatic carbocycles. The maximum Gasteiger partial charge on any atom is 0.251 e. The minimum Gasteiger partial charge on any atom is -0.493 e. The van der Waals surface area contributed by atoms with Crippen molar-refractivity contribution in [3.63, 3.8) is 0 Å². The molecule has 1 saturated carbocycles. The van der Waals surface area contributed by atoms with Crippen LogP contribution in [0.2, 0.25) is 0 Å². The summed E-state index contributed by atoms with van der Waals surface area (Å²) in [6, 6.07) is 5.32. The minimum atomic E-state index is -0.288. The summed E-state index contributed by atoms with van der Waals surface area (Å²) in [6.45, 7) is 0.881. The largest absolute Gasteiger partial charge is 0.493 e. The summed E-state index contributed by atoms with van der Waals surface area (Å²) < 4.78 is 10.3. The Bertz CT molecular complexity index is 617. The van der Waals surface area contributed by atoms with Gasteiger partial charge in [-0.25, -0.2) is 0 Å². The molecule has 0 aromatic heterocycles. The van der Waals surface area contributed by atoms with E-state index < -0.39 is 0 Å². The van der Waals surface area contributed by atoms with Crippen molar-refractivity contribution < 1.29 is 19.1 Å². The van der Waals surface area contributed by atoms with Crippen molar-refractivity contribution in [3.05, 3.63) is 23.8 Å². The highest BCUT2D eigenvalue weighted by molar-refractivity contribution is 5.97. The zero-order valence-corrected chi connectivity index (χ0v) is 13.5. The second-order valence-corrected chi connectivity index (χ2v) is 6.13. The second-order valence-electron chi connectivity index (χ2n) is 6.13. The van der Waals surface area contributed by atoms with Gasteiger partial charge in [-0.05, 0) is 43.4 Å². The van der Waals surface area contributed by atoms with E-state index in [0.29, 0.717) is 29.0 Å². The van der Waals surface area contributed by atoms with Crippen LogP contribution in [0.5, 0.6) is 11.5 Å². The lowest BCUT2D eigenvalue weighted by Crippen LogP contribution is -2.43. The lowest BCUT2D eigenvalue weighted by atomic mass is 10.1. The summed E-state index contributed by atoms with van der Waals surface area (Å²) in [4.78, 5) is 26.4. The molecular formula is C17H22N2O4. The normalized spacial score (nSPS) is 22.1. The number of likely N-dealkylation sites (tertiary alicyclic amines) is 1. The van der Waals surface area contributed by atoms with Crippen molar-refractivity contribution in [2.45, 2.75) is 25.3 Å². The number of carbonyl (C=O) groups excluding carboxylic acids is 2. The van der Waals surface area contributed by atoms with Crippen LogP contribution in [-0.2, 0) is 4.79 Å². The fraction of sp³-hybridized carbons (Fsp3) is 0.529. The van der Waals surface area contributed by atoms with Gasteiger partial charge in [-0.3, -0.25) is 9.59 Å². The Labute approximate surface area is 135 Å². The summed E-state index contributed by atoms with van der Waals surface area (Å²) >= 11 is 0. The number of benzene rings is 1. The highest BCUT2D eigenvalue weighted by atomic mass is 16.5. The first-order valence-corrected chi connectivity index (χ1v) is 7.92. The highest BCUT2D eigenvalue weighted by Gasteiger charge is 2.39. The number of ether oxygens (including phenoxy) is 2. The third-order valence-corrected chi connectivity index (χ3v) is 4.78. The topological polar surface area (TPSA) is 67.9 Å². The molecule has 0 radical (unpaired) electrons. The van der Waals surface area contributed by atoms with E-state index in [2.05, 4.69) is 5.32 Å². The van der Waals surface area contributed by atoms with E-state index in [1.807, 2.05) is 4.90 Å². The Balaban J connectivity index is 1.58. The fourth-order valence-corrected chi connectivity index (χ4v) is 3.57. The van der Waals surface area contributed by atoms with Crippen LogP contribution in [0.1, 0.15) is 29.6 Å². The third kappa shape index (κ3) is 3.11. The lowest BCUT2D eigenvalue weighted by Gasteiger charge is -2.27. The number of piperidine rings is 1. The first kappa shape index (κ1) is 15.6. The zero-order valence-electron chi connectivity index (χ0n) is 13.5. The molecule has 6 heteroatoms. The molecule has 3 rings (SSSR count). The van der Waals surface area contributed by atoms with Crippen LogP contribution in [0.15, 0.2) is 18.2 Å². The van der Waals surface area contributed by atoms with Gasteiger partial charge in [-0.15, -0.1) is 0 Å². The Morgan fingerprint density at radius 3 is 2.61 bits per heavy atom. The van der Waals surface area contributed by atoms with Crippen LogP contribution in [0, 0.1) is 5.92 Å². The molecule has 1 saturated heterocycles. The monoisotopic (exact) mass is 318 g/mol. The summed E-state index contributed by atoms with van der Waals surface area (Å²) in [5.41, 5.74) is 0.443. The summed E-state index contributed by atoms with van der Waals surface area (Å²) in [7, 11) is 3.06. The number of nitrogens with one attached hydrogen (secondary N) is 1. The van der Waals surface area contributed by atoms with Gasteiger partial charge >= 0.3 is 0 Å². The third-order valence-electron chi connectivity index (χ3n) is 4.78. The molecule has 2 bridgehead atoms. The predicted molar refractivity (Wildman–Crippen MR) is 84.7 cm³/mol. The molecule has 124 valence electrons. The molecule has 0 spiro atoms. The molecule has 2 aliphatic rings. The maximum atomic E-state index is 12.3. The maximum absolute atomic E-state index is 12.3. The van der Waals surface area contributed by atoms with Gasteiger partial charge in [-0.1, -0.05) is 0 Å². The molecule has 1 N–H and O–H groups in total. The first-order valence-electron chi connectivity index (χ1n) is 7.92. The summed E-state index contributed by atoms with van der Waals surface area (Å²) in [5, 5.41) is 2.70. The van der Waals surface area contributed by atoms with Crippen molar-refractivity contribution in [1.29, 1.82) is 0 Å². The average molecular weight is 318 g/mol. The molecule has 2 fully saturated rings. The van der Waals surface area contributed by atoms with E-state index in [4.69, 9.17) is 9.47 Å². The molecule has 6 nitrogen and oxygen atoms in total. The van der Waals surface area contributed by atoms with Crippen LogP contribution >= 0.6 is 0 Å². The Hall–Kier alpha value is -2.24. The summed E-state index contributed by atoms with van der Waals surface area (Å²) in [5.74, 6) is 1.43. The number of methoxy groups -OCH3 is 2. The van der Waals surface area contributed by atoms with Gasteiger partial charge in [0.05, 0.1) is 20.8 Å². The summed E-state index contributed by atoms with van der Waals surface area (Å²) in [6.07, 6.45) is 3.45. The standard InChI is InChI=1S/C17H22N2O4/c1-22-14-6-4-12(8-15(14)23-2)17(21)18-9-16(20)19-10-11-3-5-13(19)7-11/h4,6,8,11,13H,3,5,7,9-10H2,1-2H3,(H,18,21). The number of nitrogens with zero attached hydrogens (tertiary/aromatic N) is 1. The molecule has 2 amide bonds. The molecule has 23 heavy (non-hydrogen) atoms. The van der Waals surface area contributed by atoms with Crippen LogP contribution in [0.3, 0.4) is 0 Å². The fourth-order valence-electron chi connectivity index (χ4n) is 3.57. The second kappa shape index (κ2) is 6.48. The van der Waals surface area contributed by atoms with Gasteiger partial charge in [0.25, 0.3) is 5.91 Å². The molecule has 1 aromatic rings. The van der Waals surface area contributed by atoms with Gasteiger partial charge in [0.15, 0.2) is 11.5 Å². The van der Waals surface area contributed by atoms with E-state index in [-0.39, 0.29) is 18.4 Å². The predicted octanol–water partition coefficient (Wildman–Crippen LogP) is 1.44. The van der Waals surface area contributed by atoms with E-state index >= 15 is 0 Å². The van der Waals surface area contributed by atoms with Crippen LogP contribution in [0.4, 0.5) is 0 Å². The zero-order chi connectivity index (χ0) is 16.4. The van der Waals surface area contributed by atoms with Crippen molar-refractivity contribution >= 4 is 11.8 Å². The smallest absolute Gasteiger partial charge is 0.251 e. The molecular weight excluding hydrogens is 296 g/mol. The number of rotatable bonds is 5. The van der Waals surface area contributed by atoms with Gasteiger partial charge < -0.3 is 19.7 Å². The van der Waals surface area contributed by atoms with Crippen molar-refractivity contribution in [1.82, 2.24) is 10.2 Å². The highest BCUT2D eigenvalue weighted by Crippen LogP contribution is 2.37. The lowest BCUT2D eigenvalue weighted by molar-refractivity contribution is -0.131. The van der Waals surface area contributed by atoms with E-state index in [9.17, 15) is 9.59 Å². The average Bonchev–Trinajstić information content (AvgIpc) is 3.21. The Morgan fingerprint density at radius 1 is 1.22 bits per heavy atom. The number of hydrogen-bond donors (Lipinski definition) is 1. The van der Waals surface area contributed by atoms with Gasteiger partial charge in [-0.2, -0.15) is 0 Å². The quantitative estimate of drug-likeness (QED) is 0.892. The molecule has 1 aliphatic heterocycles. The van der Waals surface area contributed by atoms with Crippen molar-refractivity contribution in [2.24, 2.45) is 5.92 Å². The van der Waals surface area contributed by atoms with Crippen LogP contribution in [0.25, 0.3) is 0 Å². The van der Waals surface area contributed by atoms with Crippen molar-refractivity contribution in [3.8, 4) is 11.5 Å². The van der Waals surface area contributed by atoms with E-state index in [1.165, 1.54) is 13.5 Å². The SMILES string of the molecule is COc1ccc(C(=O)NCC(=O)N2CC3CCC2C3)cc1OC. The van der Waals surface area contributed by atoms with E-state index in [0.717, 1.165) is 19.4 Å². The molecule has 1 heterocycles. The Kier molecular flexibility index (Phi) is 4.41.